The number of hydrogen-bond donors (Lipinski definition) is 0. The molecule has 2 aromatic rings. The maximum Gasteiger partial charge on any atom is 0.513 e. The average Bonchev–Trinajstić information content (AvgIpc) is 3.47. The fourth-order valence-electron chi connectivity index (χ4n) is 3.02. The van der Waals surface area contributed by atoms with E-state index in [1.165, 1.54) is 12.7 Å². The van der Waals surface area contributed by atoms with Crippen molar-refractivity contribution in [1.29, 1.82) is 0 Å². The quantitative estimate of drug-likeness (QED) is 0.472. The van der Waals surface area contributed by atoms with E-state index in [4.69, 9.17) is 21.1 Å². The van der Waals surface area contributed by atoms with Gasteiger partial charge < -0.3 is 14.2 Å². The number of ether oxygens (including phenoxy) is 3. The third-order valence-corrected chi connectivity index (χ3v) is 5.05. The van der Waals surface area contributed by atoms with Crippen LogP contribution in [-0.4, -0.2) is 13.3 Å². The summed E-state index contributed by atoms with van der Waals surface area (Å²) in [6.07, 6.45) is 2.41. The van der Waals surface area contributed by atoms with Crippen LogP contribution in [0, 0.1) is 6.92 Å². The summed E-state index contributed by atoms with van der Waals surface area (Å²) >= 11 is 6.27. The van der Waals surface area contributed by atoms with Crippen LogP contribution >= 0.6 is 11.6 Å². The molecule has 5 heteroatoms. The van der Waals surface area contributed by atoms with Gasteiger partial charge in [0, 0.05) is 10.6 Å². The molecule has 0 spiro atoms. The zero-order valence-electron chi connectivity index (χ0n) is 15.3. The van der Waals surface area contributed by atoms with Crippen molar-refractivity contribution in [3.05, 3.63) is 57.6 Å². The van der Waals surface area contributed by atoms with E-state index in [9.17, 15) is 4.79 Å². The summed E-state index contributed by atoms with van der Waals surface area (Å²) in [6.45, 7) is 4.38. The van der Waals surface area contributed by atoms with Crippen molar-refractivity contribution in [2.45, 2.75) is 45.6 Å². The van der Waals surface area contributed by atoms with Gasteiger partial charge in [0.15, 0.2) is 0 Å². The van der Waals surface area contributed by atoms with E-state index in [0.29, 0.717) is 23.3 Å². The summed E-state index contributed by atoms with van der Waals surface area (Å²) in [7, 11) is 1.30. The molecule has 0 aromatic heterocycles. The van der Waals surface area contributed by atoms with Gasteiger partial charge >= 0.3 is 6.16 Å². The molecule has 0 atom stereocenters. The zero-order valence-corrected chi connectivity index (χ0v) is 16.1. The molecule has 4 nitrogen and oxygen atoms in total. The maximum atomic E-state index is 11.6. The Morgan fingerprint density at radius 1 is 1.23 bits per heavy atom. The molecule has 1 saturated carbocycles. The normalized spacial score (nSPS) is 13.4. The van der Waals surface area contributed by atoms with E-state index in [2.05, 4.69) is 23.8 Å². The smallest absolute Gasteiger partial charge is 0.488 e. The number of carbonyl (C=O) groups is 1. The Bertz CT molecular complexity index is 812. The Hall–Kier alpha value is -2.20. The second kappa shape index (κ2) is 8.00. The van der Waals surface area contributed by atoms with Crippen molar-refractivity contribution in [2.75, 3.05) is 7.11 Å². The zero-order chi connectivity index (χ0) is 18.7. The molecular weight excluding hydrogens is 352 g/mol. The number of benzene rings is 2. The van der Waals surface area contributed by atoms with E-state index in [1.807, 2.05) is 19.1 Å². The minimum atomic E-state index is -0.730. The summed E-state index contributed by atoms with van der Waals surface area (Å²) < 4.78 is 16.1. The monoisotopic (exact) mass is 374 g/mol. The molecule has 0 radical (unpaired) electrons. The molecule has 0 amide bonds. The van der Waals surface area contributed by atoms with Gasteiger partial charge in [0.1, 0.15) is 18.1 Å². The standard InChI is InChI=1S/C21H23ClO4/c1-4-14-10-13(2)18(22)11-20(14)25-12-17-16(15-8-9-15)6-5-7-19(17)26-21(23)24-3/h5-7,10-11,15H,4,8-9,12H2,1-3H3. The van der Waals surface area contributed by atoms with Gasteiger partial charge in [-0.2, -0.15) is 0 Å². The molecule has 0 heterocycles. The highest BCUT2D eigenvalue weighted by Gasteiger charge is 2.28. The third kappa shape index (κ3) is 4.13. The molecule has 1 aliphatic carbocycles. The molecule has 1 fully saturated rings. The van der Waals surface area contributed by atoms with Crippen LogP contribution < -0.4 is 9.47 Å². The van der Waals surface area contributed by atoms with Gasteiger partial charge in [-0.25, -0.2) is 4.79 Å². The Balaban J connectivity index is 1.89. The maximum absolute atomic E-state index is 11.6. The molecule has 0 unspecified atom stereocenters. The molecule has 0 aliphatic heterocycles. The number of halogens is 1. The summed E-state index contributed by atoms with van der Waals surface area (Å²) in [5, 5.41) is 0.679. The molecule has 0 saturated heterocycles. The molecule has 2 aromatic carbocycles. The largest absolute Gasteiger partial charge is 0.513 e. The van der Waals surface area contributed by atoms with Gasteiger partial charge in [0.25, 0.3) is 0 Å². The minimum Gasteiger partial charge on any atom is -0.488 e. The number of rotatable bonds is 6. The van der Waals surface area contributed by atoms with Gasteiger partial charge in [0.2, 0.25) is 0 Å². The van der Waals surface area contributed by atoms with Crippen molar-refractivity contribution in [2.24, 2.45) is 0 Å². The Morgan fingerprint density at radius 2 is 2.00 bits per heavy atom. The summed E-state index contributed by atoms with van der Waals surface area (Å²) in [5.41, 5.74) is 4.19. The van der Waals surface area contributed by atoms with Crippen LogP contribution in [0.3, 0.4) is 0 Å². The van der Waals surface area contributed by atoms with Crippen LogP contribution in [-0.2, 0) is 17.8 Å². The number of hydrogen-bond acceptors (Lipinski definition) is 4. The fraction of sp³-hybridized carbons (Fsp3) is 0.381. The van der Waals surface area contributed by atoms with Crippen molar-refractivity contribution in [3.63, 3.8) is 0 Å². The highest BCUT2D eigenvalue weighted by molar-refractivity contribution is 6.31. The van der Waals surface area contributed by atoms with Gasteiger partial charge in [-0.15, -0.1) is 0 Å². The lowest BCUT2D eigenvalue weighted by molar-refractivity contribution is 0.120. The predicted molar refractivity (Wildman–Crippen MR) is 101 cm³/mol. The molecule has 1 aliphatic rings. The molecule has 138 valence electrons. The fourth-order valence-corrected chi connectivity index (χ4v) is 3.18. The highest BCUT2D eigenvalue weighted by atomic mass is 35.5. The first-order chi connectivity index (χ1) is 12.5. The van der Waals surface area contributed by atoms with Crippen LogP contribution in [0.5, 0.6) is 11.5 Å². The van der Waals surface area contributed by atoms with Crippen LogP contribution in [0.2, 0.25) is 5.02 Å². The minimum absolute atomic E-state index is 0.311. The van der Waals surface area contributed by atoms with Gasteiger partial charge in [-0.05, 0) is 60.9 Å². The molecule has 0 N–H and O–H groups in total. The van der Waals surface area contributed by atoms with Crippen molar-refractivity contribution >= 4 is 17.8 Å². The molecular formula is C21H23ClO4. The average molecular weight is 375 g/mol. The van der Waals surface area contributed by atoms with E-state index in [1.54, 1.807) is 6.07 Å². The predicted octanol–water partition coefficient (Wildman–Crippen LogP) is 5.81. The Labute approximate surface area is 159 Å². The van der Waals surface area contributed by atoms with E-state index in [-0.39, 0.29) is 0 Å². The first-order valence-corrected chi connectivity index (χ1v) is 9.20. The Kier molecular flexibility index (Phi) is 5.72. The SMILES string of the molecule is CCc1cc(C)c(Cl)cc1OCc1c(OC(=O)OC)cccc1C1CC1. The molecule has 3 rings (SSSR count). The number of aryl methyl sites for hydroxylation is 2. The second-order valence-corrected chi connectivity index (χ2v) is 6.91. The highest BCUT2D eigenvalue weighted by Crippen LogP contribution is 2.44. The van der Waals surface area contributed by atoms with Crippen LogP contribution in [0.15, 0.2) is 30.3 Å². The third-order valence-electron chi connectivity index (χ3n) is 4.64. The number of methoxy groups -OCH3 is 1. The summed E-state index contributed by atoms with van der Waals surface area (Å²) in [6, 6.07) is 9.65. The van der Waals surface area contributed by atoms with Crippen LogP contribution in [0.25, 0.3) is 0 Å². The first kappa shape index (κ1) is 18.6. The lowest BCUT2D eigenvalue weighted by Gasteiger charge is -2.17. The van der Waals surface area contributed by atoms with Crippen molar-refractivity contribution in [1.82, 2.24) is 0 Å². The lowest BCUT2D eigenvalue weighted by atomic mass is 10.0. The van der Waals surface area contributed by atoms with Crippen molar-refractivity contribution < 1.29 is 19.0 Å². The van der Waals surface area contributed by atoms with E-state index < -0.39 is 6.16 Å². The van der Waals surface area contributed by atoms with Crippen LogP contribution in [0.4, 0.5) is 4.79 Å². The Morgan fingerprint density at radius 3 is 2.65 bits per heavy atom. The summed E-state index contributed by atoms with van der Waals surface area (Å²) in [4.78, 5) is 11.6. The topological polar surface area (TPSA) is 44.8 Å². The van der Waals surface area contributed by atoms with E-state index in [0.717, 1.165) is 41.7 Å². The van der Waals surface area contributed by atoms with Gasteiger partial charge in [0.05, 0.1) is 7.11 Å². The molecule has 26 heavy (non-hydrogen) atoms. The lowest BCUT2D eigenvalue weighted by Crippen LogP contribution is -2.11. The summed E-state index contributed by atoms with van der Waals surface area (Å²) in [5.74, 6) is 1.75. The van der Waals surface area contributed by atoms with Gasteiger partial charge in [-0.1, -0.05) is 36.7 Å². The van der Waals surface area contributed by atoms with Crippen LogP contribution in [0.1, 0.15) is 47.9 Å². The number of carbonyl (C=O) groups excluding carboxylic acids is 1. The molecule has 0 bridgehead atoms. The second-order valence-electron chi connectivity index (χ2n) is 6.51. The van der Waals surface area contributed by atoms with Crippen molar-refractivity contribution in [3.8, 4) is 11.5 Å². The van der Waals surface area contributed by atoms with Gasteiger partial charge in [-0.3, -0.25) is 0 Å². The first-order valence-electron chi connectivity index (χ1n) is 8.82. The van der Waals surface area contributed by atoms with E-state index >= 15 is 0 Å².